The highest BCUT2D eigenvalue weighted by Gasteiger charge is 2.57. The highest BCUT2D eigenvalue weighted by atomic mass is 32.2. The Morgan fingerprint density at radius 1 is 1.19 bits per heavy atom. The molecule has 0 saturated carbocycles. The lowest BCUT2D eigenvalue weighted by Crippen LogP contribution is -2.74. The van der Waals surface area contributed by atoms with E-state index in [1.165, 1.54) is 13.0 Å². The number of pyridine rings is 1. The first-order valence-corrected chi connectivity index (χ1v) is 9.92. The van der Waals surface area contributed by atoms with Crippen molar-refractivity contribution in [3.8, 4) is 0 Å². The van der Waals surface area contributed by atoms with Gasteiger partial charge >= 0.3 is 6.18 Å². The highest BCUT2D eigenvalue weighted by molar-refractivity contribution is 7.89. The molecule has 0 N–H and O–H groups in total. The van der Waals surface area contributed by atoms with E-state index in [4.69, 9.17) is 4.74 Å². The summed E-state index contributed by atoms with van der Waals surface area (Å²) in [6, 6.07) is 2.79. The Balaban J connectivity index is 1.33. The standard InChI is InChI=1S/C17H22F3N3O2S/c1-12-14(2-3-15(21-12)17(18,19)20)26(24)23-10-16(11-23)8-22(9-16)13-4-6-25-7-5-13/h2-3,13H,4-11H2,1H3. The van der Waals surface area contributed by atoms with Crippen LogP contribution >= 0.6 is 0 Å². The predicted molar refractivity (Wildman–Crippen MR) is 89.8 cm³/mol. The lowest BCUT2D eigenvalue weighted by Gasteiger charge is -2.60. The van der Waals surface area contributed by atoms with Crippen LogP contribution in [-0.4, -0.2) is 64.2 Å². The second kappa shape index (κ2) is 6.63. The minimum Gasteiger partial charge on any atom is -0.593 e. The molecule has 0 bridgehead atoms. The van der Waals surface area contributed by atoms with Crippen molar-refractivity contribution in [2.24, 2.45) is 5.41 Å². The Bertz CT molecular complexity index is 668. The second-order valence-corrected chi connectivity index (χ2v) is 9.03. The molecule has 1 atom stereocenters. The third-order valence-corrected chi connectivity index (χ3v) is 7.09. The van der Waals surface area contributed by atoms with Crippen LogP contribution in [0.1, 0.15) is 24.2 Å². The van der Waals surface area contributed by atoms with E-state index in [-0.39, 0.29) is 11.1 Å². The molecule has 1 unspecified atom stereocenters. The number of hydrogen-bond donors (Lipinski definition) is 0. The zero-order valence-electron chi connectivity index (χ0n) is 14.6. The van der Waals surface area contributed by atoms with Crippen LogP contribution in [-0.2, 0) is 22.3 Å². The molecular formula is C17H22F3N3O2S. The summed E-state index contributed by atoms with van der Waals surface area (Å²) in [6.07, 6.45) is -2.34. The van der Waals surface area contributed by atoms with E-state index >= 15 is 0 Å². The van der Waals surface area contributed by atoms with Gasteiger partial charge in [-0.3, -0.25) is 4.90 Å². The van der Waals surface area contributed by atoms with Gasteiger partial charge in [0.05, 0.1) is 30.1 Å². The van der Waals surface area contributed by atoms with Crippen molar-refractivity contribution in [1.29, 1.82) is 0 Å². The molecule has 144 valence electrons. The molecule has 0 radical (unpaired) electrons. The first-order valence-electron chi connectivity index (χ1n) is 8.81. The van der Waals surface area contributed by atoms with Crippen LogP contribution in [0.25, 0.3) is 0 Å². The number of alkyl halides is 3. The lowest BCUT2D eigenvalue weighted by molar-refractivity contribution is -0.141. The molecule has 3 aliphatic rings. The van der Waals surface area contributed by atoms with E-state index in [0.717, 1.165) is 58.3 Å². The Hall–Kier alpha value is -0.870. The zero-order valence-corrected chi connectivity index (χ0v) is 15.4. The number of aryl methyl sites for hydroxylation is 1. The number of ether oxygens (including phenoxy) is 1. The van der Waals surface area contributed by atoms with Crippen molar-refractivity contribution in [2.75, 3.05) is 39.4 Å². The maximum absolute atomic E-state index is 12.7. The second-order valence-electron chi connectivity index (χ2n) is 7.57. The molecular weight excluding hydrogens is 367 g/mol. The van der Waals surface area contributed by atoms with Crippen molar-refractivity contribution in [2.45, 2.75) is 36.9 Å². The SMILES string of the molecule is Cc1nc(C(F)(F)F)ccc1[S+]([O-])N1CC2(CN(C3CCOCC3)C2)C1. The summed E-state index contributed by atoms with van der Waals surface area (Å²) in [7, 11) is 0. The molecule has 3 aliphatic heterocycles. The summed E-state index contributed by atoms with van der Waals surface area (Å²) in [5, 5.41) is 0. The van der Waals surface area contributed by atoms with Gasteiger partial charge in [-0.2, -0.15) is 13.2 Å². The largest absolute Gasteiger partial charge is 0.593 e. The Morgan fingerprint density at radius 2 is 1.85 bits per heavy atom. The van der Waals surface area contributed by atoms with Gasteiger partial charge in [-0.05, 0) is 31.9 Å². The topological polar surface area (TPSA) is 51.7 Å². The minimum atomic E-state index is -4.48. The molecule has 1 aromatic rings. The Kier molecular flexibility index (Phi) is 4.71. The van der Waals surface area contributed by atoms with E-state index < -0.39 is 23.2 Å². The molecule has 4 heterocycles. The quantitative estimate of drug-likeness (QED) is 0.742. The van der Waals surface area contributed by atoms with Gasteiger partial charge in [0.15, 0.2) is 4.90 Å². The summed E-state index contributed by atoms with van der Waals surface area (Å²) < 4.78 is 58.1. The summed E-state index contributed by atoms with van der Waals surface area (Å²) in [5.74, 6) is 0. The van der Waals surface area contributed by atoms with Gasteiger partial charge in [-0.1, -0.05) is 0 Å². The maximum atomic E-state index is 12.7. The molecule has 26 heavy (non-hydrogen) atoms. The van der Waals surface area contributed by atoms with Gasteiger partial charge in [-0.25, -0.2) is 4.98 Å². The molecule has 0 amide bonds. The fourth-order valence-corrected chi connectivity index (χ4v) is 5.72. The fraction of sp³-hybridized carbons (Fsp3) is 0.706. The molecule has 4 rings (SSSR count). The summed E-state index contributed by atoms with van der Waals surface area (Å²) >= 11 is -1.45. The van der Waals surface area contributed by atoms with Crippen LogP contribution in [0.4, 0.5) is 13.2 Å². The molecule has 0 aliphatic carbocycles. The molecule has 3 fully saturated rings. The fourth-order valence-electron chi connectivity index (χ4n) is 4.17. The first kappa shape index (κ1) is 18.5. The molecule has 1 aromatic heterocycles. The van der Waals surface area contributed by atoms with Crippen molar-refractivity contribution in [3.05, 3.63) is 23.5 Å². The van der Waals surface area contributed by atoms with Crippen molar-refractivity contribution in [3.63, 3.8) is 0 Å². The van der Waals surface area contributed by atoms with Crippen LogP contribution in [0.2, 0.25) is 0 Å². The third kappa shape index (κ3) is 3.35. The van der Waals surface area contributed by atoms with Crippen LogP contribution in [0.3, 0.4) is 0 Å². The average Bonchev–Trinajstić information content (AvgIpc) is 2.52. The van der Waals surface area contributed by atoms with E-state index in [9.17, 15) is 17.7 Å². The van der Waals surface area contributed by atoms with Crippen LogP contribution in [0.15, 0.2) is 17.0 Å². The molecule has 1 spiro atoms. The monoisotopic (exact) mass is 389 g/mol. The average molecular weight is 389 g/mol. The van der Waals surface area contributed by atoms with Gasteiger partial charge in [0.25, 0.3) is 0 Å². The van der Waals surface area contributed by atoms with Crippen molar-refractivity contribution < 1.29 is 22.5 Å². The molecule has 5 nitrogen and oxygen atoms in total. The normalized spacial score (nSPS) is 25.7. The van der Waals surface area contributed by atoms with Gasteiger partial charge < -0.3 is 9.29 Å². The lowest BCUT2D eigenvalue weighted by atomic mass is 9.73. The van der Waals surface area contributed by atoms with Gasteiger partial charge in [0, 0.05) is 37.8 Å². The number of likely N-dealkylation sites (tertiary alicyclic amines) is 1. The molecule has 3 saturated heterocycles. The van der Waals surface area contributed by atoms with E-state index in [2.05, 4.69) is 9.88 Å². The maximum Gasteiger partial charge on any atom is 0.433 e. The number of hydrogen-bond acceptors (Lipinski definition) is 5. The predicted octanol–water partition coefficient (Wildman–Crippen LogP) is 2.23. The zero-order chi connectivity index (χ0) is 18.5. The van der Waals surface area contributed by atoms with E-state index in [0.29, 0.717) is 10.9 Å². The number of aromatic nitrogens is 1. The molecule has 0 aromatic carbocycles. The first-order chi connectivity index (χ1) is 12.3. The Morgan fingerprint density at radius 3 is 2.42 bits per heavy atom. The number of halogens is 3. The minimum absolute atomic E-state index is 0.177. The van der Waals surface area contributed by atoms with Gasteiger partial charge in [-0.15, -0.1) is 4.31 Å². The number of nitrogens with zero attached hydrogens (tertiary/aromatic N) is 3. The number of rotatable bonds is 3. The van der Waals surface area contributed by atoms with Crippen LogP contribution in [0, 0.1) is 12.3 Å². The van der Waals surface area contributed by atoms with Crippen LogP contribution in [0.5, 0.6) is 0 Å². The van der Waals surface area contributed by atoms with E-state index in [1.807, 2.05) is 4.31 Å². The summed E-state index contributed by atoms with van der Waals surface area (Å²) in [6.45, 7) is 6.59. The van der Waals surface area contributed by atoms with Gasteiger partial charge in [0.2, 0.25) is 0 Å². The van der Waals surface area contributed by atoms with Crippen LogP contribution < -0.4 is 0 Å². The highest BCUT2D eigenvalue weighted by Crippen LogP contribution is 2.44. The Labute approximate surface area is 153 Å². The summed E-state index contributed by atoms with van der Waals surface area (Å²) in [4.78, 5) is 6.43. The van der Waals surface area contributed by atoms with Gasteiger partial charge in [0.1, 0.15) is 5.69 Å². The van der Waals surface area contributed by atoms with E-state index in [1.54, 1.807) is 0 Å². The smallest absolute Gasteiger partial charge is 0.433 e. The van der Waals surface area contributed by atoms with Crippen molar-refractivity contribution in [1.82, 2.24) is 14.2 Å². The third-order valence-electron chi connectivity index (χ3n) is 5.56. The van der Waals surface area contributed by atoms with Crippen molar-refractivity contribution >= 4 is 11.4 Å². The summed E-state index contributed by atoms with van der Waals surface area (Å²) in [5.41, 5.74) is -0.570. The molecule has 9 heteroatoms.